The molecule has 3 aliphatic rings. The Hall–Kier alpha value is -1.34. The van der Waals surface area contributed by atoms with Crippen LogP contribution in [0.2, 0.25) is 0 Å². The summed E-state index contributed by atoms with van der Waals surface area (Å²) in [6.07, 6.45) is -1.47. The zero-order chi connectivity index (χ0) is 13.8. The van der Waals surface area contributed by atoms with Crippen molar-refractivity contribution in [2.75, 3.05) is 7.11 Å². The van der Waals surface area contributed by atoms with Crippen LogP contribution >= 0.6 is 0 Å². The molecule has 0 spiro atoms. The minimum atomic E-state index is -1.30. The van der Waals surface area contributed by atoms with Gasteiger partial charge in [-0.25, -0.2) is 9.59 Å². The number of carbonyl (C=O) groups is 2. The van der Waals surface area contributed by atoms with Gasteiger partial charge in [-0.2, -0.15) is 0 Å². The Bertz CT molecular complexity index is 432. The predicted molar refractivity (Wildman–Crippen MR) is 59.2 cm³/mol. The Morgan fingerprint density at radius 3 is 2.63 bits per heavy atom. The van der Waals surface area contributed by atoms with E-state index in [9.17, 15) is 9.59 Å². The monoisotopic (exact) mass is 272 g/mol. The van der Waals surface area contributed by atoms with Crippen LogP contribution in [0.25, 0.3) is 0 Å². The van der Waals surface area contributed by atoms with Gasteiger partial charge in [-0.1, -0.05) is 0 Å². The molecule has 0 unspecified atom stereocenters. The molecular weight excluding hydrogens is 256 g/mol. The van der Waals surface area contributed by atoms with Crippen molar-refractivity contribution < 1.29 is 33.3 Å². The van der Waals surface area contributed by atoms with Gasteiger partial charge in [0, 0.05) is 12.8 Å². The molecule has 0 aromatic carbocycles. The fraction of sp³-hybridized carbons (Fsp3) is 0.833. The third-order valence-electron chi connectivity index (χ3n) is 3.73. The van der Waals surface area contributed by atoms with E-state index in [2.05, 4.69) is 4.74 Å². The SMILES string of the molecule is COC(=O)O[C@@]12C[C@@H](OC1=O)[C@@H]1OC(C)(C)O[C@@H]1C2. The van der Waals surface area contributed by atoms with Crippen molar-refractivity contribution in [1.29, 1.82) is 0 Å². The second kappa shape index (κ2) is 3.83. The molecule has 106 valence electrons. The highest BCUT2D eigenvalue weighted by molar-refractivity contribution is 5.85. The summed E-state index contributed by atoms with van der Waals surface area (Å²) in [6.45, 7) is 3.60. The van der Waals surface area contributed by atoms with Crippen molar-refractivity contribution >= 4 is 12.1 Å². The highest BCUT2D eigenvalue weighted by Crippen LogP contribution is 2.48. The highest BCUT2D eigenvalue weighted by atomic mass is 16.8. The molecule has 3 rings (SSSR count). The average molecular weight is 272 g/mol. The van der Waals surface area contributed by atoms with Gasteiger partial charge in [-0.3, -0.25) is 0 Å². The molecule has 0 aromatic heterocycles. The van der Waals surface area contributed by atoms with Gasteiger partial charge in [0.05, 0.1) is 13.2 Å². The van der Waals surface area contributed by atoms with Crippen LogP contribution in [-0.2, 0) is 28.5 Å². The van der Waals surface area contributed by atoms with Gasteiger partial charge in [0.1, 0.15) is 12.2 Å². The van der Waals surface area contributed by atoms with Crippen molar-refractivity contribution in [3.05, 3.63) is 0 Å². The first-order valence-electron chi connectivity index (χ1n) is 6.19. The van der Waals surface area contributed by atoms with Crippen LogP contribution in [0, 0.1) is 0 Å². The quantitative estimate of drug-likeness (QED) is 0.651. The van der Waals surface area contributed by atoms with Crippen molar-refractivity contribution in [3.8, 4) is 0 Å². The first kappa shape index (κ1) is 12.7. The van der Waals surface area contributed by atoms with Crippen LogP contribution in [0.1, 0.15) is 26.7 Å². The smallest absolute Gasteiger partial charge is 0.456 e. The van der Waals surface area contributed by atoms with Crippen LogP contribution in [0.15, 0.2) is 0 Å². The van der Waals surface area contributed by atoms with E-state index < -0.39 is 29.6 Å². The number of ether oxygens (including phenoxy) is 5. The lowest BCUT2D eigenvalue weighted by Crippen LogP contribution is -2.49. The number of carbonyl (C=O) groups excluding carboxylic acids is 2. The summed E-state index contributed by atoms with van der Waals surface area (Å²) in [5, 5.41) is 0. The minimum Gasteiger partial charge on any atom is -0.456 e. The summed E-state index contributed by atoms with van der Waals surface area (Å²) in [7, 11) is 1.20. The van der Waals surface area contributed by atoms with Gasteiger partial charge < -0.3 is 23.7 Å². The zero-order valence-corrected chi connectivity index (χ0v) is 11.0. The van der Waals surface area contributed by atoms with Crippen LogP contribution < -0.4 is 0 Å². The summed E-state index contributed by atoms with van der Waals surface area (Å²) >= 11 is 0. The molecule has 0 aromatic rings. The number of esters is 1. The summed E-state index contributed by atoms with van der Waals surface area (Å²) < 4.78 is 26.3. The first-order valence-corrected chi connectivity index (χ1v) is 6.19. The van der Waals surface area contributed by atoms with Crippen LogP contribution in [-0.4, -0.2) is 48.9 Å². The first-order chi connectivity index (χ1) is 8.85. The molecule has 19 heavy (non-hydrogen) atoms. The number of methoxy groups -OCH3 is 1. The zero-order valence-electron chi connectivity index (χ0n) is 11.0. The van der Waals surface area contributed by atoms with E-state index >= 15 is 0 Å². The maximum absolute atomic E-state index is 12.0. The van der Waals surface area contributed by atoms with E-state index in [-0.39, 0.29) is 25.0 Å². The Morgan fingerprint density at radius 1 is 1.26 bits per heavy atom. The molecule has 0 amide bonds. The molecule has 2 saturated heterocycles. The Labute approximate surface area is 110 Å². The van der Waals surface area contributed by atoms with Crippen LogP contribution in [0.3, 0.4) is 0 Å². The van der Waals surface area contributed by atoms with Crippen LogP contribution in [0.4, 0.5) is 4.79 Å². The van der Waals surface area contributed by atoms with Gasteiger partial charge in [0.25, 0.3) is 0 Å². The molecule has 4 atom stereocenters. The van der Waals surface area contributed by atoms with Gasteiger partial charge in [-0.15, -0.1) is 0 Å². The van der Waals surface area contributed by atoms with Gasteiger partial charge in [0.2, 0.25) is 5.60 Å². The molecule has 2 heterocycles. The number of hydrogen-bond acceptors (Lipinski definition) is 7. The third kappa shape index (κ3) is 1.88. The summed E-state index contributed by atoms with van der Waals surface area (Å²) in [5.74, 6) is -1.28. The number of fused-ring (bicyclic) bond motifs is 4. The lowest BCUT2D eigenvalue weighted by atomic mass is 9.82. The lowest BCUT2D eigenvalue weighted by molar-refractivity contribution is -0.172. The fourth-order valence-electron chi connectivity index (χ4n) is 3.03. The van der Waals surface area contributed by atoms with Crippen molar-refractivity contribution in [3.63, 3.8) is 0 Å². The molecule has 2 bridgehead atoms. The lowest BCUT2D eigenvalue weighted by Gasteiger charge is -2.32. The second-order valence-electron chi connectivity index (χ2n) is 5.54. The normalized spacial score (nSPS) is 42.5. The largest absolute Gasteiger partial charge is 0.509 e. The van der Waals surface area contributed by atoms with Gasteiger partial charge >= 0.3 is 12.1 Å². The van der Waals surface area contributed by atoms with Crippen LogP contribution in [0.5, 0.6) is 0 Å². The molecule has 3 fully saturated rings. The Balaban J connectivity index is 1.84. The molecule has 2 aliphatic heterocycles. The van der Waals surface area contributed by atoms with E-state index in [4.69, 9.17) is 18.9 Å². The molecule has 1 aliphatic carbocycles. The van der Waals surface area contributed by atoms with Gasteiger partial charge in [-0.05, 0) is 13.8 Å². The molecule has 7 heteroatoms. The Morgan fingerprint density at radius 2 is 1.95 bits per heavy atom. The maximum atomic E-state index is 12.0. The molecule has 7 nitrogen and oxygen atoms in total. The highest BCUT2D eigenvalue weighted by Gasteiger charge is 2.65. The maximum Gasteiger partial charge on any atom is 0.509 e. The molecule has 1 saturated carbocycles. The van der Waals surface area contributed by atoms with E-state index in [1.165, 1.54) is 7.11 Å². The topological polar surface area (TPSA) is 80.3 Å². The summed E-state index contributed by atoms with van der Waals surface area (Å²) in [6, 6.07) is 0. The standard InChI is InChI=1S/C12H16O7/c1-11(2)17-7-5-12(19-10(14)15-3)4-6(8(7)18-11)16-9(12)13/h6-8H,4-5H2,1-3H3/t6-,7-,8+,12-/m1/s1. The fourth-order valence-corrected chi connectivity index (χ4v) is 3.03. The van der Waals surface area contributed by atoms with Crippen molar-refractivity contribution in [1.82, 2.24) is 0 Å². The molecular formula is C12H16O7. The summed E-state index contributed by atoms with van der Waals surface area (Å²) in [4.78, 5) is 23.3. The van der Waals surface area contributed by atoms with E-state index in [1.54, 1.807) is 13.8 Å². The summed E-state index contributed by atoms with van der Waals surface area (Å²) in [5.41, 5.74) is -1.30. The van der Waals surface area contributed by atoms with E-state index in [0.29, 0.717) is 0 Å². The number of hydrogen-bond donors (Lipinski definition) is 0. The van der Waals surface area contributed by atoms with E-state index in [1.807, 2.05) is 0 Å². The number of rotatable bonds is 1. The van der Waals surface area contributed by atoms with Gasteiger partial charge in [0.15, 0.2) is 5.79 Å². The molecule has 0 N–H and O–H groups in total. The predicted octanol–water partition coefficient (Wildman–Crippen LogP) is 0.747. The average Bonchev–Trinajstić information content (AvgIpc) is 2.75. The minimum absolute atomic E-state index is 0.228. The van der Waals surface area contributed by atoms with E-state index in [0.717, 1.165) is 0 Å². The second-order valence-corrected chi connectivity index (χ2v) is 5.54. The van der Waals surface area contributed by atoms with Crippen molar-refractivity contribution in [2.24, 2.45) is 0 Å². The molecule has 0 radical (unpaired) electrons. The third-order valence-corrected chi connectivity index (χ3v) is 3.73. The van der Waals surface area contributed by atoms with Crippen molar-refractivity contribution in [2.45, 2.75) is 56.4 Å². The Kier molecular flexibility index (Phi) is 2.56.